The van der Waals surface area contributed by atoms with Crippen molar-refractivity contribution >= 4 is 6.03 Å². The van der Waals surface area contributed by atoms with Gasteiger partial charge in [0.2, 0.25) is 5.89 Å². The van der Waals surface area contributed by atoms with Crippen molar-refractivity contribution in [2.24, 2.45) is 5.73 Å². The van der Waals surface area contributed by atoms with Crippen LogP contribution in [0.25, 0.3) is 11.5 Å². The molecular formula is C11H11N3O3. The van der Waals surface area contributed by atoms with Gasteiger partial charge >= 0.3 is 6.03 Å². The van der Waals surface area contributed by atoms with E-state index < -0.39 is 6.03 Å². The fraction of sp³-hybridized carbons (Fsp3) is 0.0909. The minimum atomic E-state index is -0.942. The van der Waals surface area contributed by atoms with Crippen LogP contribution in [0.5, 0.6) is 0 Å². The summed E-state index contributed by atoms with van der Waals surface area (Å²) in [5, 5.41) is 9.49. The molecule has 0 radical (unpaired) electrons. The van der Waals surface area contributed by atoms with Crippen molar-refractivity contribution in [2.75, 3.05) is 0 Å². The van der Waals surface area contributed by atoms with E-state index in [9.17, 15) is 4.79 Å². The molecule has 6 nitrogen and oxygen atoms in total. The van der Waals surface area contributed by atoms with Gasteiger partial charge in [-0.1, -0.05) is 18.2 Å². The minimum Gasteiger partial charge on any atom is -0.439 e. The van der Waals surface area contributed by atoms with Crippen LogP contribution in [-0.4, -0.2) is 21.3 Å². The molecule has 1 heterocycles. The first-order chi connectivity index (χ1) is 8.16. The summed E-state index contributed by atoms with van der Waals surface area (Å²) in [7, 11) is 0. The predicted molar refractivity (Wildman–Crippen MR) is 58.9 cm³/mol. The van der Waals surface area contributed by atoms with Gasteiger partial charge in [-0.25, -0.2) is 9.78 Å². The van der Waals surface area contributed by atoms with Gasteiger partial charge in [0.05, 0.1) is 6.20 Å². The molecule has 2 aromatic rings. The number of carbonyl (C=O) groups is 1. The Morgan fingerprint density at radius 2 is 2.12 bits per heavy atom. The number of benzene rings is 1. The third kappa shape index (κ3) is 2.61. The summed E-state index contributed by atoms with van der Waals surface area (Å²) in [5.41, 5.74) is 5.70. The van der Waals surface area contributed by atoms with E-state index in [4.69, 9.17) is 15.4 Å². The number of nitrogens with zero attached hydrogens (tertiary/aromatic N) is 2. The molecule has 0 saturated heterocycles. The van der Waals surface area contributed by atoms with Crippen molar-refractivity contribution in [3.05, 3.63) is 42.3 Å². The maximum absolute atomic E-state index is 10.6. The van der Waals surface area contributed by atoms with Crippen molar-refractivity contribution in [2.45, 2.75) is 6.54 Å². The number of urea groups is 1. The Bertz CT molecular complexity index is 510. The number of hydroxylamine groups is 2. The van der Waals surface area contributed by atoms with Gasteiger partial charge < -0.3 is 10.2 Å². The number of aromatic nitrogens is 1. The fourth-order valence-electron chi connectivity index (χ4n) is 1.32. The molecule has 0 fully saturated rings. The first kappa shape index (κ1) is 11.2. The van der Waals surface area contributed by atoms with Crippen LogP contribution in [0.4, 0.5) is 4.79 Å². The minimum absolute atomic E-state index is 0.130. The Morgan fingerprint density at radius 1 is 1.41 bits per heavy atom. The van der Waals surface area contributed by atoms with Crippen LogP contribution in [0.1, 0.15) is 5.76 Å². The largest absolute Gasteiger partial charge is 0.439 e. The van der Waals surface area contributed by atoms with Crippen LogP contribution in [-0.2, 0) is 6.54 Å². The number of primary amides is 1. The molecule has 6 heteroatoms. The van der Waals surface area contributed by atoms with Gasteiger partial charge in [0.1, 0.15) is 12.3 Å². The number of carbonyl (C=O) groups excluding carboxylic acids is 1. The van der Waals surface area contributed by atoms with E-state index in [2.05, 4.69) is 4.98 Å². The van der Waals surface area contributed by atoms with Crippen LogP contribution in [0.2, 0.25) is 0 Å². The van der Waals surface area contributed by atoms with E-state index >= 15 is 0 Å². The molecular weight excluding hydrogens is 222 g/mol. The Kier molecular flexibility index (Phi) is 3.06. The van der Waals surface area contributed by atoms with E-state index in [1.807, 2.05) is 30.3 Å². The lowest BCUT2D eigenvalue weighted by atomic mass is 10.2. The van der Waals surface area contributed by atoms with Gasteiger partial charge in [-0.2, -0.15) is 5.06 Å². The standard InChI is InChI=1S/C11H11N3O3/c12-11(15)14(16)7-9-6-13-10(17-9)8-4-2-1-3-5-8/h1-6,16H,7H2,(H2,12,15). The number of oxazole rings is 1. The zero-order chi connectivity index (χ0) is 12.3. The Labute approximate surface area is 97.2 Å². The van der Waals surface area contributed by atoms with Crippen LogP contribution in [0.15, 0.2) is 40.9 Å². The highest BCUT2D eigenvalue weighted by molar-refractivity contribution is 5.70. The van der Waals surface area contributed by atoms with E-state index in [-0.39, 0.29) is 6.54 Å². The summed E-state index contributed by atoms with van der Waals surface area (Å²) in [6, 6.07) is 8.36. The predicted octanol–water partition coefficient (Wildman–Crippen LogP) is 1.61. The molecule has 2 rings (SSSR count). The highest BCUT2D eigenvalue weighted by Gasteiger charge is 2.11. The topological polar surface area (TPSA) is 92.6 Å². The van der Waals surface area contributed by atoms with Crippen molar-refractivity contribution < 1.29 is 14.4 Å². The number of nitrogens with two attached hydrogens (primary N) is 1. The second-order valence-electron chi connectivity index (χ2n) is 3.39. The second kappa shape index (κ2) is 4.67. The Hall–Kier alpha value is -2.34. The number of hydrogen-bond acceptors (Lipinski definition) is 4. The van der Waals surface area contributed by atoms with Gasteiger partial charge in [0.15, 0.2) is 0 Å². The van der Waals surface area contributed by atoms with Crippen molar-refractivity contribution in [3.63, 3.8) is 0 Å². The summed E-state index contributed by atoms with van der Waals surface area (Å²) in [6.45, 7) is -0.130. The quantitative estimate of drug-likeness (QED) is 0.622. The normalized spacial score (nSPS) is 10.2. The lowest BCUT2D eigenvalue weighted by Crippen LogP contribution is -2.31. The average molecular weight is 233 g/mol. The summed E-state index contributed by atoms with van der Waals surface area (Å²) in [4.78, 5) is 14.7. The highest BCUT2D eigenvalue weighted by atomic mass is 16.5. The van der Waals surface area contributed by atoms with Crippen molar-refractivity contribution in [1.82, 2.24) is 10.0 Å². The first-order valence-corrected chi connectivity index (χ1v) is 4.93. The summed E-state index contributed by atoms with van der Waals surface area (Å²) >= 11 is 0. The van der Waals surface area contributed by atoms with Gasteiger partial charge in [-0.05, 0) is 12.1 Å². The van der Waals surface area contributed by atoms with Gasteiger partial charge in [0, 0.05) is 5.56 Å². The maximum Gasteiger partial charge on any atom is 0.338 e. The van der Waals surface area contributed by atoms with Gasteiger partial charge in [-0.3, -0.25) is 5.21 Å². The lowest BCUT2D eigenvalue weighted by Gasteiger charge is -2.08. The third-order valence-electron chi connectivity index (χ3n) is 2.13. The number of hydrogen-bond donors (Lipinski definition) is 2. The van der Waals surface area contributed by atoms with Crippen LogP contribution < -0.4 is 5.73 Å². The molecule has 0 atom stereocenters. The second-order valence-corrected chi connectivity index (χ2v) is 3.39. The molecule has 0 bridgehead atoms. The Morgan fingerprint density at radius 3 is 2.76 bits per heavy atom. The monoisotopic (exact) mass is 233 g/mol. The zero-order valence-electron chi connectivity index (χ0n) is 8.91. The van der Waals surface area contributed by atoms with E-state index in [0.717, 1.165) is 5.56 Å². The van der Waals surface area contributed by atoms with Crippen LogP contribution in [0.3, 0.4) is 0 Å². The fourth-order valence-corrected chi connectivity index (χ4v) is 1.32. The first-order valence-electron chi connectivity index (χ1n) is 4.93. The lowest BCUT2D eigenvalue weighted by molar-refractivity contribution is -0.0511. The number of rotatable bonds is 3. The van der Waals surface area contributed by atoms with Crippen LogP contribution >= 0.6 is 0 Å². The molecule has 3 N–H and O–H groups in total. The molecule has 0 unspecified atom stereocenters. The maximum atomic E-state index is 10.6. The molecule has 1 aromatic heterocycles. The average Bonchev–Trinajstić information content (AvgIpc) is 2.78. The highest BCUT2D eigenvalue weighted by Crippen LogP contribution is 2.18. The smallest absolute Gasteiger partial charge is 0.338 e. The van der Waals surface area contributed by atoms with Crippen molar-refractivity contribution in [3.8, 4) is 11.5 Å². The van der Waals surface area contributed by atoms with E-state index in [1.54, 1.807) is 0 Å². The molecule has 0 aliphatic heterocycles. The van der Waals surface area contributed by atoms with E-state index in [1.165, 1.54) is 6.20 Å². The number of amides is 2. The molecule has 17 heavy (non-hydrogen) atoms. The molecule has 88 valence electrons. The third-order valence-corrected chi connectivity index (χ3v) is 2.13. The molecule has 0 spiro atoms. The zero-order valence-corrected chi connectivity index (χ0v) is 8.91. The molecule has 0 aliphatic rings. The molecule has 1 aromatic carbocycles. The van der Waals surface area contributed by atoms with Crippen molar-refractivity contribution in [1.29, 1.82) is 0 Å². The van der Waals surface area contributed by atoms with Crippen LogP contribution in [0, 0.1) is 0 Å². The molecule has 0 aliphatic carbocycles. The summed E-state index contributed by atoms with van der Waals surface area (Å²) < 4.78 is 5.37. The summed E-state index contributed by atoms with van der Waals surface area (Å²) in [6.07, 6.45) is 1.44. The SMILES string of the molecule is NC(=O)N(O)Cc1cnc(-c2ccccc2)o1. The van der Waals surface area contributed by atoms with Gasteiger partial charge in [0.25, 0.3) is 0 Å². The molecule has 0 saturated carbocycles. The summed E-state index contributed by atoms with van der Waals surface area (Å²) in [5.74, 6) is 0.781. The van der Waals surface area contributed by atoms with E-state index in [0.29, 0.717) is 16.7 Å². The molecule has 2 amide bonds. The Balaban J connectivity index is 2.14. The van der Waals surface area contributed by atoms with Gasteiger partial charge in [-0.15, -0.1) is 0 Å².